The third-order valence-electron chi connectivity index (χ3n) is 4.86. The SMILES string of the molecule is Cc1ccc(OC2=CC=C(c3ccc(Oc4ccc(C)cc4)cc3)CC2)cc1. The molecule has 0 atom stereocenters. The summed E-state index contributed by atoms with van der Waals surface area (Å²) in [4.78, 5) is 0. The van der Waals surface area contributed by atoms with Crippen molar-refractivity contribution in [2.24, 2.45) is 0 Å². The summed E-state index contributed by atoms with van der Waals surface area (Å²) in [7, 11) is 0. The van der Waals surface area contributed by atoms with Crippen LogP contribution in [0, 0.1) is 13.8 Å². The van der Waals surface area contributed by atoms with E-state index in [0.29, 0.717) is 0 Å². The van der Waals surface area contributed by atoms with E-state index in [1.54, 1.807) is 0 Å². The van der Waals surface area contributed by atoms with Gasteiger partial charge in [-0.2, -0.15) is 0 Å². The summed E-state index contributed by atoms with van der Waals surface area (Å²) in [6, 6.07) is 24.6. The van der Waals surface area contributed by atoms with Crippen LogP contribution in [0.1, 0.15) is 29.5 Å². The van der Waals surface area contributed by atoms with E-state index in [1.165, 1.54) is 22.3 Å². The molecule has 0 N–H and O–H groups in total. The Bertz CT molecular complexity index is 992. The lowest BCUT2D eigenvalue weighted by molar-refractivity contribution is 0.403. The van der Waals surface area contributed by atoms with Gasteiger partial charge < -0.3 is 9.47 Å². The Labute approximate surface area is 166 Å². The Morgan fingerprint density at radius 3 is 1.54 bits per heavy atom. The van der Waals surface area contributed by atoms with E-state index in [9.17, 15) is 0 Å². The topological polar surface area (TPSA) is 18.5 Å². The Balaban J connectivity index is 1.41. The van der Waals surface area contributed by atoms with Gasteiger partial charge in [-0.25, -0.2) is 0 Å². The molecule has 3 aromatic carbocycles. The van der Waals surface area contributed by atoms with Gasteiger partial charge in [0.25, 0.3) is 0 Å². The molecule has 0 radical (unpaired) electrons. The molecule has 4 rings (SSSR count). The number of hydrogen-bond donors (Lipinski definition) is 0. The van der Waals surface area contributed by atoms with Crippen molar-refractivity contribution < 1.29 is 9.47 Å². The van der Waals surface area contributed by atoms with Crippen molar-refractivity contribution in [1.29, 1.82) is 0 Å². The van der Waals surface area contributed by atoms with Crippen LogP contribution in [0.2, 0.25) is 0 Å². The lowest BCUT2D eigenvalue weighted by Crippen LogP contribution is -2.00. The van der Waals surface area contributed by atoms with Crippen molar-refractivity contribution in [2.45, 2.75) is 26.7 Å². The molecule has 0 bridgehead atoms. The van der Waals surface area contributed by atoms with E-state index < -0.39 is 0 Å². The van der Waals surface area contributed by atoms with E-state index in [2.05, 4.69) is 62.4 Å². The minimum atomic E-state index is 0.850. The maximum absolute atomic E-state index is 5.98. The molecule has 2 nitrogen and oxygen atoms in total. The molecule has 0 aliphatic heterocycles. The van der Waals surface area contributed by atoms with E-state index in [1.807, 2.05) is 36.4 Å². The van der Waals surface area contributed by atoms with Crippen molar-refractivity contribution in [3.05, 3.63) is 107 Å². The van der Waals surface area contributed by atoms with Crippen molar-refractivity contribution in [1.82, 2.24) is 0 Å². The Morgan fingerprint density at radius 1 is 0.536 bits per heavy atom. The minimum absolute atomic E-state index is 0.850. The van der Waals surface area contributed by atoms with Crippen molar-refractivity contribution in [2.75, 3.05) is 0 Å². The first-order valence-corrected chi connectivity index (χ1v) is 9.65. The molecular weight excluding hydrogens is 344 g/mol. The van der Waals surface area contributed by atoms with Crippen molar-refractivity contribution in [3.63, 3.8) is 0 Å². The smallest absolute Gasteiger partial charge is 0.127 e. The molecule has 0 spiro atoms. The first-order chi connectivity index (χ1) is 13.7. The summed E-state index contributed by atoms with van der Waals surface area (Å²) in [6.45, 7) is 4.15. The van der Waals surface area contributed by atoms with Gasteiger partial charge in [-0.3, -0.25) is 0 Å². The maximum atomic E-state index is 5.98. The lowest BCUT2D eigenvalue weighted by Gasteiger charge is -2.16. The molecule has 1 aliphatic rings. The van der Waals surface area contributed by atoms with Crippen LogP contribution in [0.15, 0.2) is 90.7 Å². The monoisotopic (exact) mass is 368 g/mol. The minimum Gasteiger partial charge on any atom is -0.462 e. The van der Waals surface area contributed by atoms with Gasteiger partial charge >= 0.3 is 0 Å². The predicted molar refractivity (Wildman–Crippen MR) is 115 cm³/mol. The van der Waals surface area contributed by atoms with E-state index >= 15 is 0 Å². The van der Waals surface area contributed by atoms with Gasteiger partial charge in [0.05, 0.1) is 0 Å². The zero-order valence-electron chi connectivity index (χ0n) is 16.3. The highest BCUT2D eigenvalue weighted by Gasteiger charge is 2.10. The lowest BCUT2D eigenvalue weighted by atomic mass is 9.96. The molecule has 0 fully saturated rings. The average molecular weight is 368 g/mol. The van der Waals surface area contributed by atoms with Gasteiger partial charge in [0.1, 0.15) is 23.0 Å². The van der Waals surface area contributed by atoms with E-state index in [-0.39, 0.29) is 0 Å². The molecule has 3 aromatic rings. The van der Waals surface area contributed by atoms with Crippen molar-refractivity contribution in [3.8, 4) is 17.2 Å². The largest absolute Gasteiger partial charge is 0.462 e. The standard InChI is InChI=1S/C26H24O2/c1-19-3-11-23(12-4-19)27-25-15-7-21(8-16-25)22-9-17-26(18-10-22)28-24-13-5-20(2)6-14-24/h3-9,11-17H,10,18H2,1-2H3. The van der Waals surface area contributed by atoms with Gasteiger partial charge in [-0.15, -0.1) is 0 Å². The van der Waals surface area contributed by atoms with Gasteiger partial charge in [0.15, 0.2) is 0 Å². The van der Waals surface area contributed by atoms with Crippen LogP contribution in [0.4, 0.5) is 0 Å². The molecular formula is C26H24O2. The maximum Gasteiger partial charge on any atom is 0.127 e. The van der Waals surface area contributed by atoms with Crippen LogP contribution in [-0.2, 0) is 0 Å². The van der Waals surface area contributed by atoms with Crippen LogP contribution in [-0.4, -0.2) is 0 Å². The summed E-state index contributed by atoms with van der Waals surface area (Å²) in [6.07, 6.45) is 6.11. The van der Waals surface area contributed by atoms with E-state index in [0.717, 1.165) is 35.8 Å². The molecule has 0 saturated carbocycles. The summed E-state index contributed by atoms with van der Waals surface area (Å²) in [5.41, 5.74) is 5.01. The second kappa shape index (κ2) is 8.18. The predicted octanol–water partition coefficient (Wildman–Crippen LogP) is 7.24. The zero-order valence-corrected chi connectivity index (χ0v) is 16.3. The number of allylic oxidation sites excluding steroid dienone is 4. The Hall–Kier alpha value is -3.26. The van der Waals surface area contributed by atoms with Gasteiger partial charge in [0.2, 0.25) is 0 Å². The zero-order chi connectivity index (χ0) is 19.3. The second-order valence-corrected chi connectivity index (χ2v) is 7.18. The first kappa shape index (κ1) is 18.1. The number of benzene rings is 3. The first-order valence-electron chi connectivity index (χ1n) is 9.65. The highest BCUT2D eigenvalue weighted by Crippen LogP contribution is 2.30. The third-order valence-corrected chi connectivity index (χ3v) is 4.86. The molecule has 2 heteroatoms. The van der Waals surface area contributed by atoms with Gasteiger partial charge in [0, 0.05) is 6.42 Å². The molecule has 0 amide bonds. The molecule has 140 valence electrons. The highest BCUT2D eigenvalue weighted by atomic mass is 16.5. The highest BCUT2D eigenvalue weighted by molar-refractivity contribution is 5.69. The number of aryl methyl sites for hydroxylation is 2. The second-order valence-electron chi connectivity index (χ2n) is 7.18. The van der Waals surface area contributed by atoms with Crippen LogP contribution in [0.25, 0.3) is 5.57 Å². The summed E-state index contributed by atoms with van der Waals surface area (Å²) < 4.78 is 11.9. The molecule has 1 aliphatic carbocycles. The quantitative estimate of drug-likeness (QED) is 0.473. The molecule has 28 heavy (non-hydrogen) atoms. The van der Waals surface area contributed by atoms with Crippen molar-refractivity contribution >= 4 is 5.57 Å². The van der Waals surface area contributed by atoms with E-state index in [4.69, 9.17) is 9.47 Å². The summed E-state index contributed by atoms with van der Waals surface area (Å²) >= 11 is 0. The Kier molecular flexibility index (Phi) is 5.29. The van der Waals surface area contributed by atoms with Crippen LogP contribution < -0.4 is 9.47 Å². The molecule has 0 unspecified atom stereocenters. The number of rotatable bonds is 5. The van der Waals surface area contributed by atoms with Gasteiger partial charge in [-0.05, 0) is 73.9 Å². The Morgan fingerprint density at radius 2 is 1.04 bits per heavy atom. The van der Waals surface area contributed by atoms with Crippen LogP contribution >= 0.6 is 0 Å². The normalized spacial score (nSPS) is 13.5. The fourth-order valence-corrected chi connectivity index (χ4v) is 3.18. The fraction of sp³-hybridized carbons (Fsp3) is 0.154. The number of ether oxygens (including phenoxy) is 2. The summed E-state index contributed by atoms with van der Waals surface area (Å²) in [5.74, 6) is 3.61. The van der Waals surface area contributed by atoms with Crippen LogP contribution in [0.5, 0.6) is 17.2 Å². The summed E-state index contributed by atoms with van der Waals surface area (Å²) in [5, 5.41) is 0. The number of hydrogen-bond acceptors (Lipinski definition) is 2. The fourth-order valence-electron chi connectivity index (χ4n) is 3.18. The average Bonchev–Trinajstić information content (AvgIpc) is 2.73. The molecule has 0 heterocycles. The third kappa shape index (κ3) is 4.52. The van der Waals surface area contributed by atoms with Crippen LogP contribution in [0.3, 0.4) is 0 Å². The van der Waals surface area contributed by atoms with Gasteiger partial charge in [-0.1, -0.05) is 53.6 Å². The molecule has 0 aromatic heterocycles. The molecule has 0 saturated heterocycles.